The molecule has 0 atom stereocenters. The summed E-state index contributed by atoms with van der Waals surface area (Å²) in [6.07, 6.45) is 1.78. The van der Waals surface area contributed by atoms with Crippen molar-refractivity contribution in [1.82, 2.24) is 19.8 Å². The van der Waals surface area contributed by atoms with Gasteiger partial charge in [-0.05, 0) is 38.1 Å². The van der Waals surface area contributed by atoms with Crippen LogP contribution in [0.5, 0.6) is 0 Å². The molecular formula is C20H24N4O2S. The molecule has 0 radical (unpaired) electrons. The Morgan fingerprint density at radius 1 is 1.22 bits per heavy atom. The van der Waals surface area contributed by atoms with Crippen LogP contribution in [0.3, 0.4) is 0 Å². The summed E-state index contributed by atoms with van der Waals surface area (Å²) < 4.78 is 7.52. The van der Waals surface area contributed by atoms with Gasteiger partial charge in [-0.25, -0.2) is 4.98 Å². The lowest BCUT2D eigenvalue weighted by Crippen LogP contribution is -2.41. The first-order valence-electron chi connectivity index (χ1n) is 9.26. The van der Waals surface area contributed by atoms with Crippen molar-refractivity contribution < 1.29 is 9.53 Å². The molecule has 0 bridgehead atoms. The maximum absolute atomic E-state index is 13.0. The number of amides is 1. The topological polar surface area (TPSA) is 59.4 Å². The van der Waals surface area contributed by atoms with Crippen LogP contribution in [0.2, 0.25) is 0 Å². The number of carbonyl (C=O) groups is 1. The number of aromatic nitrogens is 2. The van der Waals surface area contributed by atoms with Crippen molar-refractivity contribution in [2.75, 3.05) is 39.4 Å². The molecule has 1 amide bonds. The minimum atomic E-state index is -0.0336. The van der Waals surface area contributed by atoms with Crippen LogP contribution in [-0.2, 0) is 4.74 Å². The van der Waals surface area contributed by atoms with Gasteiger partial charge in [-0.2, -0.15) is 0 Å². The number of nitrogens with one attached hydrogen (secondary N) is 1. The second-order valence-electron chi connectivity index (χ2n) is 6.80. The van der Waals surface area contributed by atoms with Crippen molar-refractivity contribution in [1.29, 1.82) is 0 Å². The van der Waals surface area contributed by atoms with E-state index in [0.717, 1.165) is 60.1 Å². The molecule has 0 saturated carbocycles. The van der Waals surface area contributed by atoms with E-state index < -0.39 is 0 Å². The summed E-state index contributed by atoms with van der Waals surface area (Å²) in [5.74, 6) is -0.0336. The fraction of sp³-hybridized carbons (Fsp3) is 0.400. The van der Waals surface area contributed by atoms with Crippen molar-refractivity contribution in [3.05, 3.63) is 46.7 Å². The molecule has 4 rings (SSSR count). The number of fused-ring (bicyclic) bond motifs is 1. The first-order chi connectivity index (χ1) is 13.1. The van der Waals surface area contributed by atoms with Crippen LogP contribution in [0.25, 0.3) is 15.9 Å². The zero-order chi connectivity index (χ0) is 18.8. The van der Waals surface area contributed by atoms with E-state index in [1.54, 1.807) is 6.20 Å². The third kappa shape index (κ3) is 3.63. The molecule has 3 aromatic heterocycles. The Morgan fingerprint density at radius 3 is 2.70 bits per heavy atom. The lowest BCUT2D eigenvalue weighted by atomic mass is 10.2. The molecule has 1 aliphatic rings. The summed E-state index contributed by atoms with van der Waals surface area (Å²) in [5.41, 5.74) is 3.16. The number of carbonyl (C=O) groups excluding carboxylic acids is 1. The molecule has 1 saturated heterocycles. The number of ether oxygens (including phenoxy) is 1. The predicted molar refractivity (Wildman–Crippen MR) is 108 cm³/mol. The number of rotatable bonds is 5. The van der Waals surface area contributed by atoms with E-state index in [9.17, 15) is 4.79 Å². The minimum absolute atomic E-state index is 0.0336. The van der Waals surface area contributed by atoms with Gasteiger partial charge < -0.3 is 14.6 Å². The van der Waals surface area contributed by atoms with Gasteiger partial charge >= 0.3 is 0 Å². The highest BCUT2D eigenvalue weighted by atomic mass is 32.1. The van der Waals surface area contributed by atoms with E-state index in [0.29, 0.717) is 11.4 Å². The fourth-order valence-electron chi connectivity index (χ4n) is 3.55. The Balaban J connectivity index is 1.61. The van der Waals surface area contributed by atoms with Gasteiger partial charge in [0.05, 0.1) is 18.9 Å². The van der Waals surface area contributed by atoms with Crippen LogP contribution in [0, 0.1) is 13.8 Å². The van der Waals surface area contributed by atoms with Gasteiger partial charge in [0.25, 0.3) is 5.91 Å². The van der Waals surface area contributed by atoms with Gasteiger partial charge in [-0.15, -0.1) is 11.3 Å². The maximum atomic E-state index is 13.0. The SMILES string of the molecule is Cc1ccc(C)n1-c1c(C(=O)NCCN2CCOCC2)sc2ncccc12. The molecule has 0 unspecified atom stereocenters. The quantitative estimate of drug-likeness (QED) is 0.735. The zero-order valence-electron chi connectivity index (χ0n) is 15.7. The third-order valence-corrected chi connectivity index (χ3v) is 6.06. The molecule has 3 aromatic rings. The summed E-state index contributed by atoms with van der Waals surface area (Å²) in [6, 6.07) is 8.12. The van der Waals surface area contributed by atoms with Crippen LogP contribution < -0.4 is 5.32 Å². The van der Waals surface area contributed by atoms with Crippen molar-refractivity contribution in [3.8, 4) is 5.69 Å². The predicted octanol–water partition coefficient (Wildman–Crippen LogP) is 2.77. The monoisotopic (exact) mass is 384 g/mol. The number of morpholine rings is 1. The molecule has 6 nitrogen and oxygen atoms in total. The maximum Gasteiger partial charge on any atom is 0.263 e. The fourth-order valence-corrected chi connectivity index (χ4v) is 4.59. The second kappa shape index (κ2) is 7.80. The normalized spacial score (nSPS) is 15.3. The smallest absolute Gasteiger partial charge is 0.263 e. The van der Waals surface area contributed by atoms with E-state index in [1.807, 2.05) is 12.1 Å². The molecule has 1 aliphatic heterocycles. The number of aryl methyl sites for hydroxylation is 2. The van der Waals surface area contributed by atoms with Crippen molar-refractivity contribution in [2.24, 2.45) is 0 Å². The number of hydrogen-bond acceptors (Lipinski definition) is 5. The Bertz CT molecular complexity index is 937. The van der Waals surface area contributed by atoms with Crippen LogP contribution in [0.1, 0.15) is 21.1 Å². The molecule has 4 heterocycles. The van der Waals surface area contributed by atoms with E-state index >= 15 is 0 Å². The average molecular weight is 385 g/mol. The molecule has 142 valence electrons. The van der Waals surface area contributed by atoms with Crippen molar-refractivity contribution in [2.45, 2.75) is 13.8 Å². The summed E-state index contributed by atoms with van der Waals surface area (Å²) in [6.45, 7) is 8.99. The number of nitrogens with zero attached hydrogens (tertiary/aromatic N) is 3. The van der Waals surface area contributed by atoms with Gasteiger partial charge in [0, 0.05) is 49.1 Å². The highest BCUT2D eigenvalue weighted by molar-refractivity contribution is 7.21. The average Bonchev–Trinajstić information content (AvgIpc) is 3.22. The number of hydrogen-bond donors (Lipinski definition) is 1. The van der Waals surface area contributed by atoms with Crippen LogP contribution in [0.4, 0.5) is 0 Å². The summed E-state index contributed by atoms with van der Waals surface area (Å²) >= 11 is 1.46. The minimum Gasteiger partial charge on any atom is -0.379 e. The summed E-state index contributed by atoms with van der Waals surface area (Å²) in [7, 11) is 0. The first kappa shape index (κ1) is 18.2. The van der Waals surface area contributed by atoms with E-state index in [2.05, 4.69) is 45.7 Å². The highest BCUT2D eigenvalue weighted by Crippen LogP contribution is 2.34. The van der Waals surface area contributed by atoms with Crippen LogP contribution in [-0.4, -0.2) is 59.8 Å². The molecule has 1 N–H and O–H groups in total. The van der Waals surface area contributed by atoms with Gasteiger partial charge in [-0.1, -0.05) is 0 Å². The van der Waals surface area contributed by atoms with Crippen LogP contribution >= 0.6 is 11.3 Å². The number of pyridine rings is 1. The Kier molecular flexibility index (Phi) is 5.24. The zero-order valence-corrected chi connectivity index (χ0v) is 16.5. The van der Waals surface area contributed by atoms with Gasteiger partial charge in [0.2, 0.25) is 0 Å². The highest BCUT2D eigenvalue weighted by Gasteiger charge is 2.22. The molecule has 7 heteroatoms. The Hall–Kier alpha value is -2.22. The molecule has 0 aromatic carbocycles. The van der Waals surface area contributed by atoms with E-state index in [1.165, 1.54) is 11.3 Å². The standard InChI is InChI=1S/C20H24N4O2S/c1-14-5-6-15(2)24(14)17-16-4-3-7-22-20(16)27-18(17)19(25)21-8-9-23-10-12-26-13-11-23/h3-7H,8-13H2,1-2H3,(H,21,25). The molecule has 1 fully saturated rings. The summed E-state index contributed by atoms with van der Waals surface area (Å²) in [5, 5.41) is 4.11. The van der Waals surface area contributed by atoms with Gasteiger partial charge in [0.15, 0.2) is 0 Å². The van der Waals surface area contributed by atoms with E-state index in [4.69, 9.17) is 4.74 Å². The third-order valence-electron chi connectivity index (χ3n) is 4.96. The van der Waals surface area contributed by atoms with E-state index in [-0.39, 0.29) is 5.91 Å². The lowest BCUT2D eigenvalue weighted by molar-refractivity contribution is 0.0383. The molecule has 0 aliphatic carbocycles. The Labute approximate surface area is 162 Å². The van der Waals surface area contributed by atoms with Gasteiger partial charge in [-0.3, -0.25) is 9.69 Å². The van der Waals surface area contributed by atoms with Crippen molar-refractivity contribution >= 4 is 27.5 Å². The molecule has 27 heavy (non-hydrogen) atoms. The van der Waals surface area contributed by atoms with Crippen LogP contribution in [0.15, 0.2) is 30.5 Å². The lowest BCUT2D eigenvalue weighted by Gasteiger charge is -2.26. The first-order valence-corrected chi connectivity index (χ1v) is 10.1. The Morgan fingerprint density at radius 2 is 1.96 bits per heavy atom. The second-order valence-corrected chi connectivity index (χ2v) is 7.80. The number of thiophene rings is 1. The molecule has 0 spiro atoms. The molecular weight excluding hydrogens is 360 g/mol. The van der Waals surface area contributed by atoms with Crippen molar-refractivity contribution in [3.63, 3.8) is 0 Å². The van der Waals surface area contributed by atoms with Gasteiger partial charge in [0.1, 0.15) is 9.71 Å². The summed E-state index contributed by atoms with van der Waals surface area (Å²) in [4.78, 5) is 21.4. The largest absolute Gasteiger partial charge is 0.379 e.